The average Bonchev–Trinajstić information content (AvgIpc) is 2.82. The van der Waals surface area contributed by atoms with Gasteiger partial charge in [-0.25, -0.2) is 4.98 Å². The lowest BCUT2D eigenvalue weighted by molar-refractivity contribution is -0.123. The Balaban J connectivity index is 1.99. The molecule has 5 heteroatoms. The molecule has 5 nitrogen and oxygen atoms in total. The molecule has 0 aliphatic rings. The third kappa shape index (κ3) is 2.68. The number of hydrogen-bond acceptors (Lipinski definition) is 3. The Morgan fingerprint density at radius 1 is 1.50 bits per heavy atom. The number of fused-ring (bicyclic) bond motifs is 1. The molecule has 2 rings (SSSR count). The van der Waals surface area contributed by atoms with E-state index in [0.717, 1.165) is 16.6 Å². The number of carbonyl (C=O) groups is 1. The maximum Gasteiger partial charge on any atom is 0.237 e. The van der Waals surface area contributed by atoms with E-state index < -0.39 is 6.04 Å². The van der Waals surface area contributed by atoms with Crippen molar-refractivity contribution >= 4 is 16.9 Å². The third-order valence-corrected chi connectivity index (χ3v) is 2.97. The maximum absolute atomic E-state index is 11.7. The molecule has 0 fully saturated rings. The monoisotopic (exact) mass is 246 g/mol. The van der Waals surface area contributed by atoms with Crippen molar-refractivity contribution in [3.8, 4) is 0 Å². The zero-order valence-electron chi connectivity index (χ0n) is 10.6. The minimum Gasteiger partial charge on any atom is -0.351 e. The summed E-state index contributed by atoms with van der Waals surface area (Å²) in [6, 6.07) is 5.39. The van der Waals surface area contributed by atoms with Gasteiger partial charge in [-0.2, -0.15) is 0 Å². The van der Waals surface area contributed by atoms with Crippen molar-refractivity contribution in [3.63, 3.8) is 0 Å². The first-order chi connectivity index (χ1) is 8.58. The van der Waals surface area contributed by atoms with Gasteiger partial charge in [0.05, 0.1) is 23.4 Å². The van der Waals surface area contributed by atoms with Crippen LogP contribution in [0.1, 0.15) is 19.4 Å². The fraction of sp³-hybridized carbons (Fsp3) is 0.385. The highest BCUT2D eigenvalue weighted by molar-refractivity contribution is 5.82. The molecule has 1 amide bonds. The van der Waals surface area contributed by atoms with Crippen LogP contribution in [0.5, 0.6) is 0 Å². The normalized spacial score (nSPS) is 12.9. The smallest absolute Gasteiger partial charge is 0.237 e. The molecule has 1 unspecified atom stereocenters. The Bertz CT molecular complexity index is 547. The minimum atomic E-state index is -0.458. The van der Waals surface area contributed by atoms with Crippen molar-refractivity contribution in [1.82, 2.24) is 15.3 Å². The van der Waals surface area contributed by atoms with Crippen LogP contribution in [0.2, 0.25) is 0 Å². The molecular weight excluding hydrogens is 228 g/mol. The van der Waals surface area contributed by atoms with Gasteiger partial charge in [-0.3, -0.25) is 4.79 Å². The van der Waals surface area contributed by atoms with Gasteiger partial charge < -0.3 is 16.0 Å². The van der Waals surface area contributed by atoms with E-state index in [-0.39, 0.29) is 11.8 Å². The van der Waals surface area contributed by atoms with E-state index in [0.29, 0.717) is 6.54 Å². The van der Waals surface area contributed by atoms with Crippen LogP contribution < -0.4 is 11.1 Å². The van der Waals surface area contributed by atoms with Crippen molar-refractivity contribution in [3.05, 3.63) is 30.1 Å². The van der Waals surface area contributed by atoms with Crippen LogP contribution in [0.4, 0.5) is 0 Å². The van der Waals surface area contributed by atoms with E-state index in [9.17, 15) is 4.79 Å². The lowest BCUT2D eigenvalue weighted by atomic mass is 10.0. The van der Waals surface area contributed by atoms with E-state index >= 15 is 0 Å². The number of rotatable bonds is 4. The molecule has 0 saturated heterocycles. The van der Waals surface area contributed by atoms with Gasteiger partial charge in [0.2, 0.25) is 5.91 Å². The highest BCUT2D eigenvalue weighted by Crippen LogP contribution is 2.11. The summed E-state index contributed by atoms with van der Waals surface area (Å²) in [5.41, 5.74) is 8.68. The summed E-state index contributed by atoms with van der Waals surface area (Å²) >= 11 is 0. The number of benzene rings is 1. The zero-order valence-corrected chi connectivity index (χ0v) is 10.6. The predicted molar refractivity (Wildman–Crippen MR) is 70.8 cm³/mol. The summed E-state index contributed by atoms with van der Waals surface area (Å²) in [7, 11) is 0. The molecule has 4 N–H and O–H groups in total. The lowest BCUT2D eigenvalue weighted by Gasteiger charge is -2.15. The van der Waals surface area contributed by atoms with Crippen molar-refractivity contribution in [2.45, 2.75) is 26.4 Å². The Labute approximate surface area is 106 Å². The molecular formula is C13H18N4O. The number of aromatic nitrogens is 2. The van der Waals surface area contributed by atoms with Crippen LogP contribution in [0, 0.1) is 5.92 Å². The van der Waals surface area contributed by atoms with Crippen LogP contribution in [0.25, 0.3) is 11.0 Å². The minimum absolute atomic E-state index is 0.116. The molecule has 1 aromatic heterocycles. The van der Waals surface area contributed by atoms with E-state index in [4.69, 9.17) is 5.73 Å². The summed E-state index contributed by atoms with van der Waals surface area (Å²) in [6.07, 6.45) is 1.65. The Morgan fingerprint density at radius 2 is 2.28 bits per heavy atom. The quantitative estimate of drug-likeness (QED) is 0.757. The number of H-pyrrole nitrogens is 1. The van der Waals surface area contributed by atoms with Gasteiger partial charge in [0.1, 0.15) is 0 Å². The lowest BCUT2D eigenvalue weighted by Crippen LogP contribution is -2.43. The van der Waals surface area contributed by atoms with Crippen LogP contribution >= 0.6 is 0 Å². The first-order valence-corrected chi connectivity index (χ1v) is 6.03. The topological polar surface area (TPSA) is 83.8 Å². The van der Waals surface area contributed by atoms with Crippen molar-refractivity contribution in [2.24, 2.45) is 11.7 Å². The molecule has 1 aromatic carbocycles. The molecule has 0 spiro atoms. The van der Waals surface area contributed by atoms with E-state index in [1.165, 1.54) is 0 Å². The number of aromatic amines is 1. The van der Waals surface area contributed by atoms with Crippen LogP contribution in [-0.4, -0.2) is 21.9 Å². The number of nitrogens with two attached hydrogens (primary N) is 1. The van der Waals surface area contributed by atoms with Gasteiger partial charge in [0, 0.05) is 6.54 Å². The number of hydrogen-bond donors (Lipinski definition) is 3. The molecule has 0 aliphatic carbocycles. The summed E-state index contributed by atoms with van der Waals surface area (Å²) in [4.78, 5) is 18.9. The molecule has 0 bridgehead atoms. The number of imidazole rings is 1. The summed E-state index contributed by atoms with van der Waals surface area (Å²) in [6.45, 7) is 4.34. The van der Waals surface area contributed by atoms with Gasteiger partial charge in [-0.15, -0.1) is 0 Å². The van der Waals surface area contributed by atoms with Gasteiger partial charge in [-0.1, -0.05) is 19.9 Å². The standard InChI is InChI=1S/C13H18N4O/c1-8(2)12(14)13(18)15-6-9-3-4-10-11(5-9)17-7-16-10/h3-5,7-8,12H,6,14H2,1-2H3,(H,15,18)(H,16,17). The van der Waals surface area contributed by atoms with Crippen molar-refractivity contribution in [2.75, 3.05) is 0 Å². The largest absolute Gasteiger partial charge is 0.351 e. The van der Waals surface area contributed by atoms with Crippen molar-refractivity contribution < 1.29 is 4.79 Å². The van der Waals surface area contributed by atoms with Crippen molar-refractivity contribution in [1.29, 1.82) is 0 Å². The molecule has 18 heavy (non-hydrogen) atoms. The summed E-state index contributed by atoms with van der Waals surface area (Å²) < 4.78 is 0. The number of nitrogens with one attached hydrogen (secondary N) is 2. The highest BCUT2D eigenvalue weighted by Gasteiger charge is 2.16. The van der Waals surface area contributed by atoms with Crippen LogP contribution in [0.15, 0.2) is 24.5 Å². The molecule has 1 atom stereocenters. The zero-order chi connectivity index (χ0) is 13.1. The van der Waals surface area contributed by atoms with Gasteiger partial charge in [0.15, 0.2) is 0 Å². The molecule has 1 heterocycles. The second-order valence-electron chi connectivity index (χ2n) is 4.74. The number of amides is 1. The molecule has 2 aromatic rings. The van der Waals surface area contributed by atoms with E-state index in [1.807, 2.05) is 32.0 Å². The Kier molecular flexibility index (Phi) is 3.62. The maximum atomic E-state index is 11.7. The molecule has 0 radical (unpaired) electrons. The molecule has 96 valence electrons. The van der Waals surface area contributed by atoms with Crippen LogP contribution in [0.3, 0.4) is 0 Å². The average molecular weight is 246 g/mol. The number of carbonyl (C=O) groups excluding carboxylic acids is 1. The SMILES string of the molecule is CC(C)C(N)C(=O)NCc1ccc2nc[nH]c2c1. The van der Waals surface area contributed by atoms with Crippen LogP contribution in [-0.2, 0) is 11.3 Å². The molecule has 0 saturated carbocycles. The highest BCUT2D eigenvalue weighted by atomic mass is 16.2. The fourth-order valence-corrected chi connectivity index (χ4v) is 1.70. The van der Waals surface area contributed by atoms with E-state index in [1.54, 1.807) is 6.33 Å². The first kappa shape index (κ1) is 12.6. The van der Waals surface area contributed by atoms with Gasteiger partial charge in [-0.05, 0) is 23.6 Å². The van der Waals surface area contributed by atoms with E-state index in [2.05, 4.69) is 15.3 Å². The van der Waals surface area contributed by atoms with Gasteiger partial charge in [0.25, 0.3) is 0 Å². The summed E-state index contributed by atoms with van der Waals surface area (Å²) in [5, 5.41) is 2.84. The first-order valence-electron chi connectivity index (χ1n) is 6.03. The third-order valence-electron chi connectivity index (χ3n) is 2.97. The fourth-order valence-electron chi connectivity index (χ4n) is 1.70. The second kappa shape index (κ2) is 5.18. The second-order valence-corrected chi connectivity index (χ2v) is 4.74. The Morgan fingerprint density at radius 3 is 3.00 bits per heavy atom. The Hall–Kier alpha value is -1.88. The molecule has 0 aliphatic heterocycles. The predicted octanol–water partition coefficient (Wildman–Crippen LogP) is 1.16. The van der Waals surface area contributed by atoms with Gasteiger partial charge >= 0.3 is 0 Å². The summed E-state index contributed by atoms with van der Waals surface area (Å²) in [5.74, 6) is 0.0230. The number of nitrogens with zero attached hydrogens (tertiary/aromatic N) is 1.